The van der Waals surface area contributed by atoms with E-state index in [-0.39, 0.29) is 6.61 Å². The highest BCUT2D eigenvalue weighted by atomic mass is 16.5. The van der Waals surface area contributed by atoms with Crippen molar-refractivity contribution in [2.45, 2.75) is 51.8 Å². The van der Waals surface area contributed by atoms with Gasteiger partial charge in [0, 0.05) is 24.8 Å². The molecule has 0 aliphatic rings. The van der Waals surface area contributed by atoms with Crippen molar-refractivity contribution in [1.29, 1.82) is 0 Å². The van der Waals surface area contributed by atoms with Crippen LogP contribution in [-0.2, 0) is 9.53 Å². The molecule has 0 aromatic carbocycles. The third-order valence-corrected chi connectivity index (χ3v) is 3.30. The molecule has 0 saturated carbocycles. The second kappa shape index (κ2) is 11.0. The smallest absolute Gasteiger partial charge is 0.327 e. The Hall–Kier alpha value is -1.70. The lowest BCUT2D eigenvalue weighted by Gasteiger charge is -2.15. The van der Waals surface area contributed by atoms with Gasteiger partial charge >= 0.3 is 5.97 Å². The number of nitrogens with two attached hydrogens (primary N) is 1. The monoisotopic (exact) mass is 339 g/mol. The molecule has 7 heteroatoms. The highest BCUT2D eigenvalue weighted by molar-refractivity contribution is 5.77. The molecular weight excluding hydrogens is 310 g/mol. The summed E-state index contributed by atoms with van der Waals surface area (Å²) >= 11 is 0. The molecule has 0 aliphatic carbocycles. The van der Waals surface area contributed by atoms with Crippen LogP contribution in [0.1, 0.15) is 45.2 Å². The van der Waals surface area contributed by atoms with Gasteiger partial charge in [0.15, 0.2) is 0 Å². The first-order chi connectivity index (χ1) is 11.4. The summed E-state index contributed by atoms with van der Waals surface area (Å²) in [6.45, 7) is 6.99. The fourth-order valence-corrected chi connectivity index (χ4v) is 1.82. The van der Waals surface area contributed by atoms with Crippen molar-refractivity contribution in [2.75, 3.05) is 19.8 Å². The first kappa shape index (κ1) is 20.3. The minimum absolute atomic E-state index is 0.136. The number of aliphatic hydroxyl groups is 1. The first-order valence-corrected chi connectivity index (χ1v) is 8.36. The van der Waals surface area contributed by atoms with E-state index >= 15 is 0 Å². The van der Waals surface area contributed by atoms with E-state index in [0.717, 1.165) is 12.8 Å². The predicted octanol–water partition coefficient (Wildman–Crippen LogP) is 1.16. The number of aromatic nitrogens is 1. The Morgan fingerprint density at radius 1 is 1.42 bits per heavy atom. The molecule has 0 saturated heterocycles. The van der Waals surface area contributed by atoms with Crippen molar-refractivity contribution < 1.29 is 19.4 Å². The van der Waals surface area contributed by atoms with Gasteiger partial charge in [-0.15, -0.1) is 0 Å². The topological polar surface area (TPSA) is 107 Å². The third kappa shape index (κ3) is 7.72. The van der Waals surface area contributed by atoms with Crippen LogP contribution in [0, 0.1) is 0 Å². The second-order valence-electron chi connectivity index (χ2n) is 5.96. The van der Waals surface area contributed by atoms with Gasteiger partial charge in [0.25, 0.3) is 0 Å². The van der Waals surface area contributed by atoms with Crippen LogP contribution in [0.2, 0.25) is 0 Å². The number of carbonyl (C=O) groups is 1. The highest BCUT2D eigenvalue weighted by Gasteiger charge is 2.17. The van der Waals surface area contributed by atoms with Gasteiger partial charge in [0.2, 0.25) is 5.88 Å². The predicted molar refractivity (Wildman–Crippen MR) is 91.7 cm³/mol. The number of unbranched alkanes of at least 4 members (excludes halogenated alkanes) is 1. The number of hydrogen-bond donors (Lipinski definition) is 3. The highest BCUT2D eigenvalue weighted by Crippen LogP contribution is 2.15. The molecule has 2 unspecified atom stereocenters. The van der Waals surface area contributed by atoms with Crippen molar-refractivity contribution >= 4 is 5.97 Å². The lowest BCUT2D eigenvalue weighted by molar-refractivity contribution is -0.145. The summed E-state index contributed by atoms with van der Waals surface area (Å²) < 4.78 is 10.5. The van der Waals surface area contributed by atoms with Crippen LogP contribution in [0.25, 0.3) is 0 Å². The van der Waals surface area contributed by atoms with Crippen LogP contribution in [0.3, 0.4) is 0 Å². The molecule has 1 rings (SSSR count). The molecule has 0 radical (unpaired) electrons. The van der Waals surface area contributed by atoms with Gasteiger partial charge in [0.05, 0.1) is 6.61 Å². The molecular formula is C17H29N3O4. The lowest BCUT2D eigenvalue weighted by atomic mass is 10.1. The van der Waals surface area contributed by atoms with Crippen LogP contribution in [0.15, 0.2) is 18.3 Å². The zero-order valence-electron chi connectivity index (χ0n) is 14.7. The van der Waals surface area contributed by atoms with E-state index in [1.165, 1.54) is 6.20 Å². The molecule has 1 aromatic rings. The summed E-state index contributed by atoms with van der Waals surface area (Å²) in [4.78, 5) is 15.9. The maximum absolute atomic E-state index is 11.8. The van der Waals surface area contributed by atoms with Gasteiger partial charge < -0.3 is 25.6 Å². The summed E-state index contributed by atoms with van der Waals surface area (Å²) in [7, 11) is 0. The van der Waals surface area contributed by atoms with E-state index in [1.807, 2.05) is 20.8 Å². The minimum Gasteiger partial charge on any atom is -0.475 e. The summed E-state index contributed by atoms with van der Waals surface area (Å²) in [6, 6.07) is 2.74. The van der Waals surface area contributed by atoms with Crippen molar-refractivity contribution in [3.8, 4) is 5.88 Å². The molecule has 0 amide bonds. The summed E-state index contributed by atoms with van der Waals surface area (Å²) in [6.07, 6.45) is 2.64. The number of rotatable bonds is 11. The Morgan fingerprint density at radius 3 is 2.75 bits per heavy atom. The number of aliphatic hydroxyl groups excluding tert-OH is 1. The normalized spacial score (nSPS) is 13.6. The maximum Gasteiger partial charge on any atom is 0.327 e. The molecule has 2 atom stereocenters. The number of ether oxygens (including phenoxy) is 2. The Labute approximate surface area is 143 Å². The minimum atomic E-state index is -0.857. The van der Waals surface area contributed by atoms with Crippen LogP contribution in [0.4, 0.5) is 0 Å². The van der Waals surface area contributed by atoms with Crippen molar-refractivity contribution in [2.24, 2.45) is 5.73 Å². The number of hydrogen-bond acceptors (Lipinski definition) is 7. The lowest BCUT2D eigenvalue weighted by Crippen LogP contribution is -2.35. The zero-order chi connectivity index (χ0) is 17.9. The number of carbonyl (C=O) groups excluding carboxylic acids is 1. The fraction of sp³-hybridized carbons (Fsp3) is 0.647. The van der Waals surface area contributed by atoms with Crippen molar-refractivity contribution in [1.82, 2.24) is 10.3 Å². The van der Waals surface area contributed by atoms with E-state index in [2.05, 4.69) is 10.3 Å². The average molecular weight is 339 g/mol. The van der Waals surface area contributed by atoms with E-state index < -0.39 is 18.1 Å². The summed E-state index contributed by atoms with van der Waals surface area (Å²) in [5.41, 5.74) is 6.42. The molecule has 0 aliphatic heterocycles. The summed E-state index contributed by atoms with van der Waals surface area (Å²) in [5, 5.41) is 12.9. The van der Waals surface area contributed by atoms with E-state index in [1.54, 1.807) is 12.1 Å². The standard InChI is InChI=1S/C17H29N3O4/c1-4-5-8-23-17(22)16(18)13-6-7-15(20-9-13)24-11-14(21)10-19-12(2)3/h6-7,9,12,14,16,19,21H,4-5,8,10-11,18H2,1-3H3. The fourth-order valence-electron chi connectivity index (χ4n) is 1.82. The zero-order valence-corrected chi connectivity index (χ0v) is 14.7. The Balaban J connectivity index is 2.43. The number of nitrogens with zero attached hydrogens (tertiary/aromatic N) is 1. The van der Waals surface area contributed by atoms with E-state index in [0.29, 0.717) is 30.6 Å². The second-order valence-corrected chi connectivity index (χ2v) is 5.96. The Bertz CT molecular complexity index is 479. The van der Waals surface area contributed by atoms with Gasteiger partial charge in [0.1, 0.15) is 18.8 Å². The van der Waals surface area contributed by atoms with Gasteiger partial charge in [-0.3, -0.25) is 0 Å². The number of esters is 1. The molecule has 0 bridgehead atoms. The van der Waals surface area contributed by atoms with E-state index in [9.17, 15) is 9.90 Å². The van der Waals surface area contributed by atoms with Crippen LogP contribution < -0.4 is 15.8 Å². The number of pyridine rings is 1. The largest absolute Gasteiger partial charge is 0.475 e. The molecule has 1 heterocycles. The molecule has 4 N–H and O–H groups in total. The molecule has 0 spiro atoms. The van der Waals surface area contributed by atoms with Crippen LogP contribution >= 0.6 is 0 Å². The summed E-state index contributed by atoms with van der Waals surface area (Å²) in [5.74, 6) is -0.0944. The van der Waals surface area contributed by atoms with Gasteiger partial charge in [-0.2, -0.15) is 0 Å². The Kier molecular flexibility index (Phi) is 9.29. The molecule has 0 fully saturated rings. The SMILES string of the molecule is CCCCOC(=O)C(N)c1ccc(OCC(O)CNC(C)C)nc1. The van der Waals surface area contributed by atoms with Crippen LogP contribution in [0.5, 0.6) is 5.88 Å². The van der Waals surface area contributed by atoms with Gasteiger partial charge in [-0.05, 0) is 18.1 Å². The molecule has 136 valence electrons. The Morgan fingerprint density at radius 2 is 2.17 bits per heavy atom. The van der Waals surface area contributed by atoms with Crippen molar-refractivity contribution in [3.63, 3.8) is 0 Å². The molecule has 1 aromatic heterocycles. The maximum atomic E-state index is 11.8. The van der Waals surface area contributed by atoms with Gasteiger partial charge in [-0.1, -0.05) is 27.2 Å². The van der Waals surface area contributed by atoms with E-state index in [4.69, 9.17) is 15.2 Å². The first-order valence-electron chi connectivity index (χ1n) is 8.36. The van der Waals surface area contributed by atoms with Crippen molar-refractivity contribution in [3.05, 3.63) is 23.9 Å². The molecule has 24 heavy (non-hydrogen) atoms. The molecule has 7 nitrogen and oxygen atoms in total. The van der Waals surface area contributed by atoms with Gasteiger partial charge in [-0.25, -0.2) is 9.78 Å². The number of nitrogens with one attached hydrogen (secondary N) is 1. The third-order valence-electron chi connectivity index (χ3n) is 3.30. The average Bonchev–Trinajstić information content (AvgIpc) is 2.58. The van der Waals surface area contributed by atoms with Crippen LogP contribution in [-0.4, -0.2) is 48.0 Å². The quantitative estimate of drug-likeness (QED) is 0.410.